The van der Waals surface area contributed by atoms with Gasteiger partial charge in [0, 0.05) is 5.56 Å². The third-order valence-electron chi connectivity index (χ3n) is 5.30. The summed E-state index contributed by atoms with van der Waals surface area (Å²) in [6.07, 6.45) is 0.521. The molecule has 1 saturated heterocycles. The summed E-state index contributed by atoms with van der Waals surface area (Å²) in [5.74, 6) is -0.237. The van der Waals surface area contributed by atoms with E-state index in [0.29, 0.717) is 12.4 Å². The number of rotatable bonds is 6. The molecule has 136 valence electrons. The van der Waals surface area contributed by atoms with Gasteiger partial charge in [-0.05, 0) is 51.0 Å². The van der Waals surface area contributed by atoms with E-state index in [2.05, 4.69) is 27.7 Å². The number of esters is 1. The SMILES string of the molecule is CCOc1cc(B2CC(C)(C)C(C)(C)O2)ccc1C(C)OC(=O)C=O. The average molecular weight is 346 g/mol. The Morgan fingerprint density at radius 1 is 1.36 bits per heavy atom. The summed E-state index contributed by atoms with van der Waals surface area (Å²) >= 11 is 0. The van der Waals surface area contributed by atoms with E-state index in [0.717, 1.165) is 17.3 Å². The van der Waals surface area contributed by atoms with Crippen LogP contribution in [0.2, 0.25) is 6.32 Å². The van der Waals surface area contributed by atoms with Gasteiger partial charge in [0.25, 0.3) is 0 Å². The Bertz CT molecular complexity index is 637. The molecular weight excluding hydrogens is 319 g/mol. The zero-order valence-corrected chi connectivity index (χ0v) is 15.9. The molecule has 25 heavy (non-hydrogen) atoms. The van der Waals surface area contributed by atoms with Crippen molar-refractivity contribution in [2.24, 2.45) is 5.41 Å². The van der Waals surface area contributed by atoms with Gasteiger partial charge >= 0.3 is 12.9 Å². The van der Waals surface area contributed by atoms with Crippen LogP contribution in [0.1, 0.15) is 53.2 Å². The first-order valence-corrected chi connectivity index (χ1v) is 8.71. The molecular formula is C19H27BO5. The fraction of sp³-hybridized carbons (Fsp3) is 0.579. The quantitative estimate of drug-likeness (QED) is 0.343. The van der Waals surface area contributed by atoms with Crippen molar-refractivity contribution < 1.29 is 23.7 Å². The molecule has 1 unspecified atom stereocenters. The smallest absolute Gasteiger partial charge is 0.371 e. The number of hydrogen-bond acceptors (Lipinski definition) is 5. The van der Waals surface area contributed by atoms with E-state index in [1.807, 2.05) is 25.1 Å². The summed E-state index contributed by atoms with van der Waals surface area (Å²) in [7, 11) is 0. The summed E-state index contributed by atoms with van der Waals surface area (Å²) in [5, 5.41) is 0. The van der Waals surface area contributed by atoms with Crippen molar-refractivity contribution >= 4 is 24.6 Å². The summed E-state index contributed by atoms with van der Waals surface area (Å²) in [4.78, 5) is 21.7. The van der Waals surface area contributed by atoms with E-state index in [1.165, 1.54) is 0 Å². The highest BCUT2D eigenvalue weighted by atomic mass is 16.5. The normalized spacial score (nSPS) is 19.4. The van der Waals surface area contributed by atoms with Crippen molar-refractivity contribution in [2.75, 3.05) is 6.61 Å². The number of benzene rings is 1. The number of hydrogen-bond donors (Lipinski definition) is 0. The van der Waals surface area contributed by atoms with Gasteiger partial charge in [0.2, 0.25) is 6.29 Å². The van der Waals surface area contributed by atoms with E-state index >= 15 is 0 Å². The number of carbonyl (C=O) groups excluding carboxylic acids is 2. The lowest BCUT2D eigenvalue weighted by Crippen LogP contribution is -2.36. The van der Waals surface area contributed by atoms with Crippen molar-refractivity contribution in [1.29, 1.82) is 0 Å². The molecule has 0 amide bonds. The van der Waals surface area contributed by atoms with Gasteiger partial charge in [0.05, 0.1) is 12.2 Å². The van der Waals surface area contributed by atoms with Crippen LogP contribution in [0.15, 0.2) is 18.2 Å². The predicted molar refractivity (Wildman–Crippen MR) is 97.3 cm³/mol. The topological polar surface area (TPSA) is 61.8 Å². The van der Waals surface area contributed by atoms with Crippen LogP contribution in [0.5, 0.6) is 5.75 Å². The second-order valence-electron chi connectivity index (χ2n) is 7.63. The molecule has 1 aromatic carbocycles. The second kappa shape index (κ2) is 7.20. The second-order valence-corrected chi connectivity index (χ2v) is 7.63. The highest BCUT2D eigenvalue weighted by Crippen LogP contribution is 2.45. The monoisotopic (exact) mass is 346 g/mol. The van der Waals surface area contributed by atoms with Gasteiger partial charge in [-0.1, -0.05) is 26.0 Å². The van der Waals surface area contributed by atoms with Gasteiger partial charge in [-0.15, -0.1) is 0 Å². The van der Waals surface area contributed by atoms with E-state index in [9.17, 15) is 9.59 Å². The van der Waals surface area contributed by atoms with Gasteiger partial charge in [-0.3, -0.25) is 4.79 Å². The van der Waals surface area contributed by atoms with E-state index in [4.69, 9.17) is 14.1 Å². The lowest BCUT2D eigenvalue weighted by molar-refractivity contribution is -0.152. The van der Waals surface area contributed by atoms with Crippen LogP contribution in [0.25, 0.3) is 0 Å². The van der Waals surface area contributed by atoms with Crippen molar-refractivity contribution in [3.63, 3.8) is 0 Å². The molecule has 1 aliphatic rings. The Labute approximate surface area is 150 Å². The molecule has 2 rings (SSSR count). The van der Waals surface area contributed by atoms with E-state index < -0.39 is 12.1 Å². The van der Waals surface area contributed by atoms with Crippen molar-refractivity contribution in [1.82, 2.24) is 0 Å². The van der Waals surface area contributed by atoms with Crippen LogP contribution in [0.3, 0.4) is 0 Å². The van der Waals surface area contributed by atoms with Crippen molar-refractivity contribution in [3.05, 3.63) is 23.8 Å². The lowest BCUT2D eigenvalue weighted by Gasteiger charge is -2.34. The number of ether oxygens (including phenoxy) is 2. The minimum Gasteiger partial charge on any atom is -0.493 e. The van der Waals surface area contributed by atoms with Crippen LogP contribution in [0, 0.1) is 5.41 Å². The van der Waals surface area contributed by atoms with E-state index in [-0.39, 0.29) is 24.2 Å². The predicted octanol–water partition coefficient (Wildman–Crippen LogP) is 2.92. The standard InChI is InChI=1S/C19H27BO5/c1-7-23-16-10-14(20-12-18(3,4)19(5,6)25-20)8-9-15(16)13(2)24-17(22)11-21/h8-11,13H,7,12H2,1-6H3. The Kier molecular flexibility index (Phi) is 5.62. The third-order valence-corrected chi connectivity index (χ3v) is 5.30. The van der Waals surface area contributed by atoms with Gasteiger partial charge in [-0.25, -0.2) is 4.79 Å². The summed E-state index contributed by atoms with van der Waals surface area (Å²) < 4.78 is 17.1. The van der Waals surface area contributed by atoms with Gasteiger partial charge in [-0.2, -0.15) is 0 Å². The molecule has 1 heterocycles. The fourth-order valence-corrected chi connectivity index (χ4v) is 3.09. The largest absolute Gasteiger partial charge is 0.493 e. The molecule has 0 saturated carbocycles. The van der Waals surface area contributed by atoms with Gasteiger partial charge < -0.3 is 14.1 Å². The average Bonchev–Trinajstić information content (AvgIpc) is 2.75. The lowest BCUT2D eigenvalue weighted by atomic mass is 9.54. The molecule has 5 nitrogen and oxygen atoms in total. The highest BCUT2D eigenvalue weighted by Gasteiger charge is 2.49. The summed E-state index contributed by atoms with van der Waals surface area (Å²) in [6, 6.07) is 5.81. The molecule has 0 aromatic heterocycles. The molecule has 1 fully saturated rings. The Morgan fingerprint density at radius 3 is 2.56 bits per heavy atom. The van der Waals surface area contributed by atoms with Crippen LogP contribution in [-0.2, 0) is 19.0 Å². The third kappa shape index (κ3) is 4.06. The molecule has 0 radical (unpaired) electrons. The minimum atomic E-state index is -0.887. The number of aldehydes is 1. The molecule has 0 spiro atoms. The fourth-order valence-electron chi connectivity index (χ4n) is 3.09. The molecule has 0 bridgehead atoms. The number of carbonyl (C=O) groups is 2. The minimum absolute atomic E-state index is 0.00825. The molecule has 6 heteroatoms. The maximum Gasteiger partial charge on any atom is 0.371 e. The van der Waals surface area contributed by atoms with Gasteiger partial charge in [0.1, 0.15) is 11.9 Å². The molecule has 1 aromatic rings. The zero-order chi connectivity index (χ0) is 18.8. The Balaban J connectivity index is 2.30. The van der Waals surface area contributed by atoms with Gasteiger partial charge in [0.15, 0.2) is 0 Å². The first-order valence-electron chi connectivity index (χ1n) is 8.71. The maximum absolute atomic E-state index is 11.2. The molecule has 0 aliphatic carbocycles. The highest BCUT2D eigenvalue weighted by molar-refractivity contribution is 6.68. The first-order chi connectivity index (χ1) is 11.6. The van der Waals surface area contributed by atoms with Crippen LogP contribution in [0.4, 0.5) is 0 Å². The summed E-state index contributed by atoms with van der Waals surface area (Å²) in [6.45, 7) is 12.8. The summed E-state index contributed by atoms with van der Waals surface area (Å²) in [5.41, 5.74) is 1.63. The first kappa shape index (κ1) is 19.5. The molecule has 1 atom stereocenters. The van der Waals surface area contributed by atoms with Crippen LogP contribution < -0.4 is 10.2 Å². The van der Waals surface area contributed by atoms with Crippen molar-refractivity contribution in [3.8, 4) is 5.75 Å². The van der Waals surface area contributed by atoms with E-state index in [1.54, 1.807) is 6.92 Å². The molecule has 1 aliphatic heterocycles. The van der Waals surface area contributed by atoms with Crippen LogP contribution in [-0.4, -0.2) is 31.4 Å². The Hall–Kier alpha value is -1.82. The van der Waals surface area contributed by atoms with Crippen LogP contribution >= 0.6 is 0 Å². The zero-order valence-electron chi connectivity index (χ0n) is 15.9. The van der Waals surface area contributed by atoms with Crippen molar-refractivity contribution in [2.45, 2.75) is 59.6 Å². The Morgan fingerprint density at radius 2 is 2.04 bits per heavy atom. The maximum atomic E-state index is 11.2. The molecule has 0 N–H and O–H groups in total.